The lowest BCUT2D eigenvalue weighted by molar-refractivity contribution is -0.144. The molecule has 0 saturated carbocycles. The molecule has 0 bridgehead atoms. The summed E-state index contributed by atoms with van der Waals surface area (Å²) in [6.07, 6.45) is 4.07. The number of rotatable bonds is 18. The Morgan fingerprint density at radius 2 is 0.964 bits per heavy atom. The van der Waals surface area contributed by atoms with Gasteiger partial charge in [-0.05, 0) is 140 Å². The second-order valence-electron chi connectivity index (χ2n) is 16.5. The summed E-state index contributed by atoms with van der Waals surface area (Å²) >= 11 is 0. The average molecular weight is 761 g/mol. The van der Waals surface area contributed by atoms with Crippen LogP contribution < -0.4 is 16.0 Å². The van der Waals surface area contributed by atoms with Crippen LogP contribution in [-0.2, 0) is 53.3 Å². The lowest BCUT2D eigenvalue weighted by Gasteiger charge is -2.25. The van der Waals surface area contributed by atoms with Crippen LogP contribution >= 0.6 is 0 Å². The Balaban J connectivity index is 1.17. The Morgan fingerprint density at radius 1 is 0.536 bits per heavy atom. The van der Waals surface area contributed by atoms with Crippen LogP contribution in [0.5, 0.6) is 0 Å². The van der Waals surface area contributed by atoms with Crippen molar-refractivity contribution >= 4 is 28.7 Å². The summed E-state index contributed by atoms with van der Waals surface area (Å²) in [7, 11) is 0. The Hall–Kier alpha value is -4.61. The first-order valence-electron chi connectivity index (χ1n) is 20.4. The fourth-order valence-electron chi connectivity index (χ4n) is 9.47. The molecule has 3 aliphatic rings. The van der Waals surface area contributed by atoms with Gasteiger partial charge in [-0.25, -0.2) is 0 Å². The van der Waals surface area contributed by atoms with E-state index in [0.29, 0.717) is 38.9 Å². The van der Waals surface area contributed by atoms with Crippen LogP contribution in [0.4, 0.5) is 0 Å². The molecule has 4 aromatic carbocycles. The van der Waals surface area contributed by atoms with Gasteiger partial charge < -0.3 is 31.3 Å². The van der Waals surface area contributed by atoms with Gasteiger partial charge in [0.25, 0.3) is 0 Å². The molecule has 296 valence electrons. The number of fused-ring (bicyclic) bond motifs is 1. The fourth-order valence-corrected chi connectivity index (χ4v) is 9.47. The number of hydrogen-bond acceptors (Lipinski definition) is 7. The average Bonchev–Trinajstić information content (AvgIpc) is 4.01. The van der Waals surface area contributed by atoms with E-state index in [2.05, 4.69) is 81.5 Å². The van der Waals surface area contributed by atoms with Gasteiger partial charge in [0.15, 0.2) is 0 Å². The Kier molecular flexibility index (Phi) is 13.1. The van der Waals surface area contributed by atoms with Gasteiger partial charge in [-0.2, -0.15) is 0 Å². The van der Waals surface area contributed by atoms with Crippen LogP contribution in [0.15, 0.2) is 84.9 Å². The van der Waals surface area contributed by atoms with E-state index < -0.39 is 35.7 Å². The molecular weight excluding hydrogens is 705 g/mol. The second kappa shape index (κ2) is 18.6. The minimum Gasteiger partial charge on any atom is -0.481 e. The third-order valence-corrected chi connectivity index (χ3v) is 12.5. The predicted molar refractivity (Wildman–Crippen MR) is 217 cm³/mol. The summed E-state index contributed by atoms with van der Waals surface area (Å²) in [5, 5.41) is 42.6. The molecule has 0 radical (unpaired) electrons. The van der Waals surface area contributed by atoms with Crippen LogP contribution in [0.2, 0.25) is 0 Å². The molecular formula is C46H56N4O6. The van der Waals surface area contributed by atoms with Crippen molar-refractivity contribution in [3.05, 3.63) is 118 Å². The predicted octanol–water partition coefficient (Wildman–Crippen LogP) is 5.60. The molecule has 10 nitrogen and oxygen atoms in total. The van der Waals surface area contributed by atoms with Crippen molar-refractivity contribution in [3.63, 3.8) is 0 Å². The number of aliphatic carboxylic acids is 3. The molecule has 0 spiro atoms. The summed E-state index contributed by atoms with van der Waals surface area (Å²) in [5.41, 5.74) is 6.40. The highest BCUT2D eigenvalue weighted by molar-refractivity contribution is 5.86. The lowest BCUT2D eigenvalue weighted by atomic mass is 9.85. The first kappa shape index (κ1) is 39.6. The van der Waals surface area contributed by atoms with E-state index in [4.69, 9.17) is 0 Å². The second-order valence-corrected chi connectivity index (χ2v) is 16.5. The number of carboxylic acids is 3. The van der Waals surface area contributed by atoms with Crippen molar-refractivity contribution < 1.29 is 29.7 Å². The highest BCUT2D eigenvalue weighted by Crippen LogP contribution is 2.30. The molecule has 7 rings (SSSR count). The molecule has 3 aliphatic heterocycles. The SMILES string of the molecule is O=C(O)[C@@H](Cc1cccc(CN(Cc2cccc(C[C@H](C(=O)O)[C@H]3CCNC3)c2)Cc2cccc3ccc(C[C@H](C(=O)O)[C@H]4CCNC4)cc23)c1)[C@H]1CCNC1. The summed E-state index contributed by atoms with van der Waals surface area (Å²) in [4.78, 5) is 39.5. The van der Waals surface area contributed by atoms with Gasteiger partial charge in [0, 0.05) is 19.6 Å². The topological polar surface area (TPSA) is 151 Å². The van der Waals surface area contributed by atoms with E-state index in [9.17, 15) is 29.7 Å². The van der Waals surface area contributed by atoms with Gasteiger partial charge in [0.2, 0.25) is 0 Å². The van der Waals surface area contributed by atoms with Crippen molar-refractivity contribution in [1.82, 2.24) is 20.9 Å². The molecule has 0 unspecified atom stereocenters. The first-order chi connectivity index (χ1) is 27.2. The van der Waals surface area contributed by atoms with Crippen LogP contribution in [0.25, 0.3) is 10.8 Å². The molecule has 56 heavy (non-hydrogen) atoms. The van der Waals surface area contributed by atoms with Crippen LogP contribution in [0.1, 0.15) is 52.6 Å². The zero-order valence-electron chi connectivity index (χ0n) is 32.2. The van der Waals surface area contributed by atoms with Crippen molar-refractivity contribution in [1.29, 1.82) is 0 Å². The van der Waals surface area contributed by atoms with Gasteiger partial charge in [-0.1, -0.05) is 84.9 Å². The van der Waals surface area contributed by atoms with E-state index in [1.54, 1.807) is 0 Å². The fraction of sp³-hybridized carbons (Fsp3) is 0.457. The van der Waals surface area contributed by atoms with Gasteiger partial charge in [0.05, 0.1) is 17.8 Å². The molecule has 3 saturated heterocycles. The zero-order valence-corrected chi connectivity index (χ0v) is 32.2. The number of benzene rings is 4. The van der Waals surface area contributed by atoms with Gasteiger partial charge in [0.1, 0.15) is 0 Å². The van der Waals surface area contributed by atoms with Crippen molar-refractivity contribution in [2.45, 2.75) is 58.2 Å². The van der Waals surface area contributed by atoms with Crippen molar-refractivity contribution in [2.24, 2.45) is 35.5 Å². The summed E-state index contributed by atoms with van der Waals surface area (Å²) < 4.78 is 0. The van der Waals surface area contributed by atoms with Crippen LogP contribution in [-0.4, -0.2) is 77.4 Å². The first-order valence-corrected chi connectivity index (χ1v) is 20.4. The molecule has 6 N–H and O–H groups in total. The summed E-state index contributed by atoms with van der Waals surface area (Å²) in [6.45, 7) is 6.63. The number of nitrogens with zero attached hydrogens (tertiary/aromatic N) is 1. The number of carboxylic acid groups (broad SMARTS) is 3. The Labute approximate surface area is 329 Å². The number of carbonyl (C=O) groups is 3. The van der Waals surface area contributed by atoms with Gasteiger partial charge >= 0.3 is 17.9 Å². The third-order valence-electron chi connectivity index (χ3n) is 12.5. The maximum absolute atomic E-state index is 12.4. The number of hydrogen-bond donors (Lipinski definition) is 6. The Bertz CT molecular complexity index is 1900. The molecule has 6 atom stereocenters. The highest BCUT2D eigenvalue weighted by Gasteiger charge is 2.33. The maximum atomic E-state index is 12.4. The summed E-state index contributed by atoms with van der Waals surface area (Å²) in [5.74, 6) is -3.22. The largest absolute Gasteiger partial charge is 0.481 e. The molecule has 0 aromatic heterocycles. The smallest absolute Gasteiger partial charge is 0.307 e. The molecule has 0 amide bonds. The van der Waals surface area contributed by atoms with E-state index in [1.165, 1.54) is 0 Å². The molecule has 3 heterocycles. The van der Waals surface area contributed by atoms with E-state index in [0.717, 1.165) is 103 Å². The zero-order chi connectivity index (χ0) is 39.0. The molecule has 3 fully saturated rings. The maximum Gasteiger partial charge on any atom is 0.307 e. The van der Waals surface area contributed by atoms with Crippen molar-refractivity contribution in [3.8, 4) is 0 Å². The Morgan fingerprint density at radius 3 is 1.39 bits per heavy atom. The monoisotopic (exact) mass is 760 g/mol. The van der Waals surface area contributed by atoms with Crippen molar-refractivity contribution in [2.75, 3.05) is 39.3 Å². The van der Waals surface area contributed by atoms with Gasteiger partial charge in [-0.15, -0.1) is 0 Å². The van der Waals surface area contributed by atoms with E-state index >= 15 is 0 Å². The highest BCUT2D eigenvalue weighted by atomic mass is 16.4. The summed E-state index contributed by atoms with van der Waals surface area (Å²) in [6, 6.07) is 29.3. The van der Waals surface area contributed by atoms with Gasteiger partial charge in [-0.3, -0.25) is 19.3 Å². The van der Waals surface area contributed by atoms with Crippen LogP contribution in [0, 0.1) is 35.5 Å². The minimum absolute atomic E-state index is 0.113. The standard InChI is InChI=1S/C46H56N4O6/c51-44(52)41(36-12-15-47-24-36)21-30-4-1-6-33(18-30)27-50(28-34-7-2-5-31(19-34)22-42(45(53)54)37-13-16-48-25-37)29-39-9-3-8-35-11-10-32(20-40(35)39)23-43(46(55)56)38-14-17-49-26-38/h1-11,18-20,36-38,41-43,47-49H,12-17,21-29H2,(H,51,52)(H,53,54)(H,55,56)/t36-,37-,38-,41-,42-,43-/m0/s1. The molecule has 4 aromatic rings. The third kappa shape index (κ3) is 10.0. The minimum atomic E-state index is -0.746. The van der Waals surface area contributed by atoms with E-state index in [1.807, 2.05) is 24.3 Å². The molecule has 0 aliphatic carbocycles. The quantitative estimate of drug-likeness (QED) is 0.0757. The van der Waals surface area contributed by atoms with Crippen LogP contribution in [0.3, 0.4) is 0 Å². The lowest BCUT2D eigenvalue weighted by Crippen LogP contribution is -2.28. The molecule has 10 heteroatoms. The van der Waals surface area contributed by atoms with E-state index in [-0.39, 0.29) is 17.8 Å². The normalized spacial score (nSPS) is 21.3. The number of nitrogens with one attached hydrogen (secondary N) is 3.